The van der Waals surface area contributed by atoms with E-state index in [2.05, 4.69) is 16.1 Å². The zero-order valence-corrected chi connectivity index (χ0v) is 14.5. The highest BCUT2D eigenvalue weighted by atomic mass is 35.5. The van der Waals surface area contributed by atoms with Crippen molar-refractivity contribution < 1.29 is 4.92 Å². The summed E-state index contributed by atoms with van der Waals surface area (Å²) in [6.07, 6.45) is 1.68. The maximum Gasteiger partial charge on any atom is 0.270 e. The smallest absolute Gasteiger partial charge is 0.270 e. The van der Waals surface area contributed by atoms with Crippen LogP contribution in [0.25, 0.3) is 0 Å². The minimum atomic E-state index is -0.398. The fraction of sp³-hybridized carbons (Fsp3) is 0.278. The van der Waals surface area contributed by atoms with Crippen LogP contribution in [0.3, 0.4) is 0 Å². The molecule has 1 aliphatic rings. The van der Waals surface area contributed by atoms with Crippen molar-refractivity contribution in [3.63, 3.8) is 0 Å². The van der Waals surface area contributed by atoms with Gasteiger partial charge in [-0.05, 0) is 11.6 Å². The van der Waals surface area contributed by atoms with E-state index < -0.39 is 4.92 Å². The summed E-state index contributed by atoms with van der Waals surface area (Å²) in [5, 5.41) is 18.0. The van der Waals surface area contributed by atoms with E-state index in [9.17, 15) is 10.1 Å². The lowest BCUT2D eigenvalue weighted by Gasteiger charge is -2.33. The molecule has 0 N–H and O–H groups in total. The molecule has 3 rings (SSSR count). The molecule has 0 unspecified atom stereocenters. The van der Waals surface area contributed by atoms with Gasteiger partial charge in [-0.2, -0.15) is 5.10 Å². The van der Waals surface area contributed by atoms with Crippen LogP contribution < -0.4 is 0 Å². The molecule has 130 valence electrons. The van der Waals surface area contributed by atoms with Gasteiger partial charge in [0.05, 0.1) is 11.1 Å². The molecule has 0 bridgehead atoms. The van der Waals surface area contributed by atoms with Gasteiger partial charge in [0, 0.05) is 55.4 Å². The first kappa shape index (κ1) is 17.4. The Morgan fingerprint density at radius 2 is 1.88 bits per heavy atom. The Morgan fingerprint density at radius 3 is 2.60 bits per heavy atom. The average Bonchev–Trinajstić information content (AvgIpc) is 2.63. The summed E-state index contributed by atoms with van der Waals surface area (Å²) in [7, 11) is 0. The summed E-state index contributed by atoms with van der Waals surface area (Å²) >= 11 is 6.22. The molecule has 1 aliphatic heterocycles. The highest BCUT2D eigenvalue weighted by Crippen LogP contribution is 2.18. The van der Waals surface area contributed by atoms with Crippen molar-refractivity contribution in [1.29, 1.82) is 0 Å². The van der Waals surface area contributed by atoms with Crippen LogP contribution in [0.1, 0.15) is 11.1 Å². The normalized spacial score (nSPS) is 15.6. The van der Waals surface area contributed by atoms with Gasteiger partial charge in [-0.1, -0.05) is 41.9 Å². The molecule has 2 aromatic rings. The number of piperazine rings is 1. The zero-order valence-electron chi connectivity index (χ0n) is 13.7. The quantitative estimate of drug-likeness (QED) is 0.467. The van der Waals surface area contributed by atoms with E-state index in [1.54, 1.807) is 12.3 Å². The lowest BCUT2D eigenvalue weighted by atomic mass is 10.2. The van der Waals surface area contributed by atoms with Crippen molar-refractivity contribution >= 4 is 23.5 Å². The number of hydrogen-bond acceptors (Lipinski definition) is 5. The van der Waals surface area contributed by atoms with E-state index in [-0.39, 0.29) is 5.69 Å². The maximum atomic E-state index is 10.8. The van der Waals surface area contributed by atoms with Crippen LogP contribution in [0.2, 0.25) is 5.02 Å². The second-order valence-corrected chi connectivity index (χ2v) is 6.33. The molecule has 25 heavy (non-hydrogen) atoms. The Bertz CT molecular complexity index is 773. The molecule has 6 nitrogen and oxygen atoms in total. The molecule has 0 radical (unpaired) electrons. The van der Waals surface area contributed by atoms with Crippen LogP contribution in [0.4, 0.5) is 5.69 Å². The van der Waals surface area contributed by atoms with Crippen molar-refractivity contribution in [1.82, 2.24) is 9.91 Å². The third-order valence-electron chi connectivity index (χ3n) is 4.15. The first-order valence-corrected chi connectivity index (χ1v) is 8.49. The second kappa shape index (κ2) is 8.09. The molecule has 0 saturated carbocycles. The predicted octanol–water partition coefficient (Wildman–Crippen LogP) is 3.40. The van der Waals surface area contributed by atoms with Crippen LogP contribution in [0.15, 0.2) is 53.6 Å². The average molecular weight is 359 g/mol. The lowest BCUT2D eigenvalue weighted by Crippen LogP contribution is -2.43. The number of benzene rings is 2. The summed E-state index contributed by atoms with van der Waals surface area (Å²) in [4.78, 5) is 12.8. The second-order valence-electron chi connectivity index (χ2n) is 5.92. The third-order valence-corrected chi connectivity index (χ3v) is 4.52. The lowest BCUT2D eigenvalue weighted by molar-refractivity contribution is -0.384. The van der Waals surface area contributed by atoms with E-state index in [1.165, 1.54) is 12.1 Å². The molecule has 2 aromatic carbocycles. The van der Waals surface area contributed by atoms with Crippen LogP contribution >= 0.6 is 11.6 Å². The van der Waals surface area contributed by atoms with Gasteiger partial charge in [-0.15, -0.1) is 0 Å². The van der Waals surface area contributed by atoms with Gasteiger partial charge in [0.15, 0.2) is 0 Å². The van der Waals surface area contributed by atoms with E-state index in [4.69, 9.17) is 11.6 Å². The summed E-state index contributed by atoms with van der Waals surface area (Å²) in [5.74, 6) is 0. The van der Waals surface area contributed by atoms with Gasteiger partial charge >= 0.3 is 0 Å². The monoisotopic (exact) mass is 358 g/mol. The minimum Gasteiger partial charge on any atom is -0.295 e. The van der Waals surface area contributed by atoms with Crippen molar-refractivity contribution in [2.24, 2.45) is 5.10 Å². The van der Waals surface area contributed by atoms with E-state index in [0.29, 0.717) is 0 Å². The Morgan fingerprint density at radius 1 is 1.12 bits per heavy atom. The number of hydrogen-bond donors (Lipinski definition) is 0. The number of hydrazone groups is 1. The Labute approximate surface area is 151 Å². The van der Waals surface area contributed by atoms with Gasteiger partial charge in [0.2, 0.25) is 0 Å². The number of nitro benzene ring substituents is 1. The summed E-state index contributed by atoms with van der Waals surface area (Å²) in [6, 6.07) is 14.4. The molecular formula is C18H19ClN4O2. The molecule has 0 amide bonds. The van der Waals surface area contributed by atoms with Gasteiger partial charge in [-0.3, -0.25) is 20.0 Å². The number of non-ortho nitro benzene ring substituents is 1. The highest BCUT2D eigenvalue weighted by Gasteiger charge is 2.16. The predicted molar refractivity (Wildman–Crippen MR) is 99.0 cm³/mol. The molecule has 0 aromatic heterocycles. The molecule has 0 atom stereocenters. The molecule has 1 saturated heterocycles. The van der Waals surface area contributed by atoms with Crippen LogP contribution in [0, 0.1) is 10.1 Å². The van der Waals surface area contributed by atoms with E-state index in [0.717, 1.165) is 48.9 Å². The van der Waals surface area contributed by atoms with Crippen LogP contribution in [-0.4, -0.2) is 47.2 Å². The van der Waals surface area contributed by atoms with Crippen LogP contribution in [0.5, 0.6) is 0 Å². The Hall–Kier alpha value is -2.44. The molecule has 1 heterocycles. The number of halogens is 1. The Kier molecular flexibility index (Phi) is 5.63. The molecule has 0 aliphatic carbocycles. The molecular weight excluding hydrogens is 340 g/mol. The minimum absolute atomic E-state index is 0.0773. The maximum absolute atomic E-state index is 10.8. The summed E-state index contributed by atoms with van der Waals surface area (Å²) < 4.78 is 0. The third kappa shape index (κ3) is 4.78. The van der Waals surface area contributed by atoms with E-state index in [1.807, 2.05) is 29.3 Å². The van der Waals surface area contributed by atoms with Crippen molar-refractivity contribution in [2.45, 2.75) is 6.54 Å². The van der Waals surface area contributed by atoms with Crippen molar-refractivity contribution in [3.05, 3.63) is 74.8 Å². The van der Waals surface area contributed by atoms with Crippen LogP contribution in [-0.2, 0) is 6.54 Å². The topological polar surface area (TPSA) is 62.0 Å². The number of rotatable bonds is 5. The summed E-state index contributed by atoms with van der Waals surface area (Å²) in [6.45, 7) is 4.27. The standard InChI is InChI=1S/C18H19ClN4O2/c19-18-7-2-1-5-16(18)14-21-8-10-22(11-9-21)20-13-15-4-3-6-17(12-15)23(24)25/h1-7,12-13H,8-11,14H2. The first-order valence-electron chi connectivity index (χ1n) is 8.11. The van der Waals surface area contributed by atoms with Gasteiger partial charge in [-0.25, -0.2) is 0 Å². The largest absolute Gasteiger partial charge is 0.295 e. The SMILES string of the molecule is O=[N+]([O-])c1cccc(C=NN2CCN(Cc3ccccc3Cl)CC2)c1. The fourth-order valence-corrected chi connectivity index (χ4v) is 2.94. The van der Waals surface area contributed by atoms with Crippen molar-refractivity contribution in [3.8, 4) is 0 Å². The highest BCUT2D eigenvalue weighted by molar-refractivity contribution is 6.31. The van der Waals surface area contributed by atoms with Gasteiger partial charge in [0.1, 0.15) is 0 Å². The molecule has 1 fully saturated rings. The van der Waals surface area contributed by atoms with Gasteiger partial charge in [0.25, 0.3) is 5.69 Å². The molecule has 7 heteroatoms. The molecule has 0 spiro atoms. The van der Waals surface area contributed by atoms with Gasteiger partial charge < -0.3 is 0 Å². The number of nitro groups is 1. The fourth-order valence-electron chi connectivity index (χ4n) is 2.75. The summed E-state index contributed by atoms with van der Waals surface area (Å²) in [5.41, 5.74) is 1.94. The van der Waals surface area contributed by atoms with E-state index >= 15 is 0 Å². The first-order chi connectivity index (χ1) is 12.1. The zero-order chi connectivity index (χ0) is 17.6. The number of nitrogens with zero attached hydrogens (tertiary/aromatic N) is 4. The van der Waals surface area contributed by atoms with Crippen molar-refractivity contribution in [2.75, 3.05) is 26.2 Å². The Balaban J connectivity index is 1.53.